The summed E-state index contributed by atoms with van der Waals surface area (Å²) in [4.78, 5) is 4.05. The number of aliphatic hydroxyl groups is 1. The summed E-state index contributed by atoms with van der Waals surface area (Å²) in [6, 6.07) is 11.3. The number of hydrogen-bond donors (Lipinski definition) is 1. The summed E-state index contributed by atoms with van der Waals surface area (Å²) in [7, 11) is 0. The van der Waals surface area contributed by atoms with Gasteiger partial charge in [-0.2, -0.15) is 0 Å². The van der Waals surface area contributed by atoms with Crippen LogP contribution < -0.4 is 0 Å². The van der Waals surface area contributed by atoms with Gasteiger partial charge in [0.05, 0.1) is 6.10 Å². The molecule has 3 aromatic rings. The summed E-state index contributed by atoms with van der Waals surface area (Å²) >= 11 is 0. The molecule has 0 fully saturated rings. The van der Waals surface area contributed by atoms with Gasteiger partial charge in [0.15, 0.2) is 11.6 Å². The SMILES string of the molecule is OC(Cc1cccc(F)c1F)c1cccc2ccncc12. The normalized spacial score (nSPS) is 12.5. The lowest BCUT2D eigenvalue weighted by Gasteiger charge is -2.14. The van der Waals surface area contributed by atoms with Crippen LogP contribution in [0.2, 0.25) is 0 Å². The summed E-state index contributed by atoms with van der Waals surface area (Å²) in [6.07, 6.45) is 2.42. The van der Waals surface area contributed by atoms with Crippen LogP contribution in [0.25, 0.3) is 10.8 Å². The Kier molecular flexibility index (Phi) is 3.62. The van der Waals surface area contributed by atoms with Crippen molar-refractivity contribution in [2.24, 2.45) is 0 Å². The molecule has 1 unspecified atom stereocenters. The van der Waals surface area contributed by atoms with E-state index in [1.165, 1.54) is 12.1 Å². The molecule has 0 bridgehead atoms. The maximum absolute atomic E-state index is 13.7. The van der Waals surface area contributed by atoms with Crippen molar-refractivity contribution in [3.63, 3.8) is 0 Å². The van der Waals surface area contributed by atoms with Gasteiger partial charge in [-0.05, 0) is 28.6 Å². The Morgan fingerprint density at radius 1 is 1.05 bits per heavy atom. The highest BCUT2D eigenvalue weighted by molar-refractivity contribution is 5.85. The monoisotopic (exact) mass is 285 g/mol. The van der Waals surface area contributed by atoms with Crippen molar-refractivity contribution in [2.45, 2.75) is 12.5 Å². The zero-order valence-corrected chi connectivity index (χ0v) is 11.1. The van der Waals surface area contributed by atoms with Gasteiger partial charge in [0.1, 0.15) is 0 Å². The van der Waals surface area contributed by atoms with Crippen molar-refractivity contribution >= 4 is 10.8 Å². The Balaban J connectivity index is 1.97. The quantitative estimate of drug-likeness (QED) is 0.794. The van der Waals surface area contributed by atoms with Crippen LogP contribution in [0.1, 0.15) is 17.2 Å². The number of hydrogen-bond acceptors (Lipinski definition) is 2. The predicted molar refractivity (Wildman–Crippen MR) is 76.8 cm³/mol. The number of benzene rings is 2. The second kappa shape index (κ2) is 5.58. The van der Waals surface area contributed by atoms with Gasteiger partial charge >= 0.3 is 0 Å². The van der Waals surface area contributed by atoms with Gasteiger partial charge in [-0.15, -0.1) is 0 Å². The number of aromatic nitrogens is 1. The molecular formula is C17H13F2NO. The summed E-state index contributed by atoms with van der Waals surface area (Å²) in [5.74, 6) is -1.81. The third-order valence-corrected chi connectivity index (χ3v) is 3.52. The number of aliphatic hydroxyl groups excluding tert-OH is 1. The molecule has 0 radical (unpaired) electrons. The average Bonchev–Trinajstić information content (AvgIpc) is 2.51. The van der Waals surface area contributed by atoms with E-state index in [1.807, 2.05) is 18.2 Å². The van der Waals surface area contributed by atoms with Crippen LogP contribution in [0.4, 0.5) is 8.78 Å². The molecule has 0 aliphatic heterocycles. The van der Waals surface area contributed by atoms with E-state index in [2.05, 4.69) is 4.98 Å². The Bertz CT molecular complexity index is 783. The Hall–Kier alpha value is -2.33. The lowest BCUT2D eigenvalue weighted by Crippen LogP contribution is -2.05. The lowest BCUT2D eigenvalue weighted by atomic mass is 9.97. The minimum absolute atomic E-state index is 0.0115. The van der Waals surface area contributed by atoms with Crippen molar-refractivity contribution in [3.05, 3.63) is 77.6 Å². The summed E-state index contributed by atoms with van der Waals surface area (Å²) in [6.45, 7) is 0. The lowest BCUT2D eigenvalue weighted by molar-refractivity contribution is 0.178. The van der Waals surface area contributed by atoms with Crippen molar-refractivity contribution in [3.8, 4) is 0 Å². The van der Waals surface area contributed by atoms with Gasteiger partial charge < -0.3 is 5.11 Å². The van der Waals surface area contributed by atoms with E-state index in [4.69, 9.17) is 0 Å². The molecule has 0 aliphatic rings. The molecule has 2 aromatic carbocycles. The number of halogens is 2. The Labute approximate surface area is 120 Å². The topological polar surface area (TPSA) is 33.1 Å². The minimum Gasteiger partial charge on any atom is -0.388 e. The van der Waals surface area contributed by atoms with Crippen LogP contribution in [-0.4, -0.2) is 10.1 Å². The van der Waals surface area contributed by atoms with Crippen molar-refractivity contribution in [2.75, 3.05) is 0 Å². The second-order valence-electron chi connectivity index (χ2n) is 4.88. The average molecular weight is 285 g/mol. The van der Waals surface area contributed by atoms with E-state index in [-0.39, 0.29) is 12.0 Å². The maximum Gasteiger partial charge on any atom is 0.162 e. The van der Waals surface area contributed by atoms with E-state index in [9.17, 15) is 13.9 Å². The minimum atomic E-state index is -0.922. The highest BCUT2D eigenvalue weighted by atomic mass is 19.2. The number of fused-ring (bicyclic) bond motifs is 1. The van der Waals surface area contributed by atoms with Crippen LogP contribution in [-0.2, 0) is 6.42 Å². The third-order valence-electron chi connectivity index (χ3n) is 3.52. The molecule has 0 spiro atoms. The van der Waals surface area contributed by atoms with Crippen LogP contribution in [0.5, 0.6) is 0 Å². The zero-order chi connectivity index (χ0) is 14.8. The van der Waals surface area contributed by atoms with Crippen molar-refractivity contribution in [1.82, 2.24) is 4.98 Å². The zero-order valence-electron chi connectivity index (χ0n) is 11.1. The van der Waals surface area contributed by atoms with Gasteiger partial charge in [0.2, 0.25) is 0 Å². The molecule has 1 heterocycles. The number of nitrogens with zero attached hydrogens (tertiary/aromatic N) is 1. The van der Waals surface area contributed by atoms with Gasteiger partial charge in [-0.25, -0.2) is 8.78 Å². The highest BCUT2D eigenvalue weighted by Gasteiger charge is 2.16. The first-order chi connectivity index (χ1) is 10.2. The third kappa shape index (κ3) is 2.62. The molecule has 1 N–H and O–H groups in total. The van der Waals surface area contributed by atoms with Crippen LogP contribution in [0.15, 0.2) is 54.9 Å². The van der Waals surface area contributed by atoms with Gasteiger partial charge in [-0.1, -0.05) is 30.3 Å². The van der Waals surface area contributed by atoms with E-state index in [1.54, 1.807) is 18.5 Å². The fourth-order valence-electron chi connectivity index (χ4n) is 2.45. The number of rotatable bonds is 3. The Morgan fingerprint density at radius 3 is 2.71 bits per heavy atom. The maximum atomic E-state index is 13.7. The first-order valence-corrected chi connectivity index (χ1v) is 6.60. The molecule has 3 rings (SSSR count). The van der Waals surface area contributed by atoms with Crippen LogP contribution in [0.3, 0.4) is 0 Å². The van der Waals surface area contributed by atoms with E-state index < -0.39 is 17.7 Å². The Morgan fingerprint density at radius 2 is 1.86 bits per heavy atom. The molecule has 21 heavy (non-hydrogen) atoms. The first kappa shape index (κ1) is 13.6. The van der Waals surface area contributed by atoms with Gasteiger partial charge in [0, 0.05) is 24.2 Å². The smallest absolute Gasteiger partial charge is 0.162 e. The van der Waals surface area contributed by atoms with E-state index in [0.717, 1.165) is 16.8 Å². The second-order valence-corrected chi connectivity index (χ2v) is 4.88. The fourth-order valence-corrected chi connectivity index (χ4v) is 2.45. The molecule has 0 amide bonds. The molecule has 106 valence electrons. The van der Waals surface area contributed by atoms with Crippen LogP contribution in [0, 0.1) is 11.6 Å². The van der Waals surface area contributed by atoms with Gasteiger partial charge in [0.25, 0.3) is 0 Å². The van der Waals surface area contributed by atoms with Crippen LogP contribution >= 0.6 is 0 Å². The molecule has 0 saturated heterocycles. The summed E-state index contributed by atoms with van der Waals surface area (Å²) in [5, 5.41) is 12.1. The molecule has 0 saturated carbocycles. The standard InChI is InChI=1S/C17H13F2NO/c18-15-6-2-4-12(17(15)19)9-16(21)13-5-1-3-11-7-8-20-10-14(11)13/h1-8,10,16,21H,9H2. The molecule has 0 aliphatic carbocycles. The summed E-state index contributed by atoms with van der Waals surface area (Å²) in [5.41, 5.74) is 0.813. The molecule has 4 heteroatoms. The summed E-state index contributed by atoms with van der Waals surface area (Å²) < 4.78 is 26.9. The molecule has 2 nitrogen and oxygen atoms in total. The molecule has 1 aromatic heterocycles. The fraction of sp³-hybridized carbons (Fsp3) is 0.118. The highest BCUT2D eigenvalue weighted by Crippen LogP contribution is 2.27. The predicted octanol–water partition coefficient (Wildman–Crippen LogP) is 3.79. The van der Waals surface area contributed by atoms with E-state index in [0.29, 0.717) is 5.56 Å². The van der Waals surface area contributed by atoms with Crippen molar-refractivity contribution < 1.29 is 13.9 Å². The van der Waals surface area contributed by atoms with Crippen molar-refractivity contribution in [1.29, 1.82) is 0 Å². The molecule has 1 atom stereocenters. The van der Waals surface area contributed by atoms with Gasteiger partial charge in [-0.3, -0.25) is 4.98 Å². The number of pyridine rings is 1. The molecular weight excluding hydrogens is 272 g/mol. The first-order valence-electron chi connectivity index (χ1n) is 6.60. The largest absolute Gasteiger partial charge is 0.388 e. The van der Waals surface area contributed by atoms with E-state index >= 15 is 0 Å².